The molecule has 1 aromatic heterocycles. The lowest BCUT2D eigenvalue weighted by atomic mass is 10.2. The van der Waals surface area contributed by atoms with Gasteiger partial charge in [0.25, 0.3) is 5.91 Å². The molecule has 1 aromatic carbocycles. The molecule has 0 fully saturated rings. The summed E-state index contributed by atoms with van der Waals surface area (Å²) in [4.78, 5) is 18.5. The summed E-state index contributed by atoms with van der Waals surface area (Å²) in [5.74, 6) is -0.439. The highest BCUT2D eigenvalue weighted by atomic mass is 32.1. The van der Waals surface area contributed by atoms with E-state index >= 15 is 0 Å². The molecule has 21 heavy (non-hydrogen) atoms. The van der Waals surface area contributed by atoms with Crippen LogP contribution in [0.25, 0.3) is 10.6 Å². The Morgan fingerprint density at radius 3 is 2.90 bits per heavy atom. The highest BCUT2D eigenvalue weighted by Gasteiger charge is 2.16. The van der Waals surface area contributed by atoms with Crippen LogP contribution >= 0.6 is 11.3 Å². The molecule has 0 aliphatic rings. The van der Waals surface area contributed by atoms with Crippen molar-refractivity contribution >= 4 is 17.2 Å². The Bertz CT molecular complexity index is 615. The third-order valence-corrected chi connectivity index (χ3v) is 4.03. The number of nitrogens with zero attached hydrogens (tertiary/aromatic N) is 2. The number of hydrogen-bond acceptors (Lipinski definition) is 4. The Kier molecular flexibility index (Phi) is 5.41. The monoisotopic (exact) mass is 308 g/mol. The highest BCUT2D eigenvalue weighted by molar-refractivity contribution is 7.16. The Hall–Kier alpha value is -1.79. The smallest absolute Gasteiger partial charge is 0.265 e. The van der Waals surface area contributed by atoms with E-state index in [1.165, 1.54) is 23.6 Å². The summed E-state index contributed by atoms with van der Waals surface area (Å²) in [7, 11) is 3.37. The maximum Gasteiger partial charge on any atom is 0.265 e. The summed E-state index contributed by atoms with van der Waals surface area (Å²) in [6.45, 7) is 1.22. The van der Waals surface area contributed by atoms with Crippen LogP contribution < -0.4 is 0 Å². The second-order valence-corrected chi connectivity index (χ2v) is 5.61. The van der Waals surface area contributed by atoms with Crippen LogP contribution in [-0.2, 0) is 4.74 Å². The highest BCUT2D eigenvalue weighted by Crippen LogP contribution is 2.27. The van der Waals surface area contributed by atoms with Gasteiger partial charge in [0.2, 0.25) is 0 Å². The van der Waals surface area contributed by atoms with Gasteiger partial charge in [-0.15, -0.1) is 11.3 Å². The Labute approximate surface area is 127 Å². The predicted molar refractivity (Wildman–Crippen MR) is 81.0 cm³/mol. The van der Waals surface area contributed by atoms with Crippen molar-refractivity contribution in [3.8, 4) is 10.6 Å². The molecule has 0 bridgehead atoms. The van der Waals surface area contributed by atoms with Crippen molar-refractivity contribution in [2.24, 2.45) is 0 Å². The third kappa shape index (κ3) is 3.86. The van der Waals surface area contributed by atoms with E-state index in [1.54, 1.807) is 37.3 Å². The normalized spacial score (nSPS) is 10.6. The van der Waals surface area contributed by atoms with Gasteiger partial charge in [0.1, 0.15) is 15.7 Å². The lowest BCUT2D eigenvalue weighted by Gasteiger charge is -2.15. The first-order valence-corrected chi connectivity index (χ1v) is 7.40. The molecule has 0 unspecified atom stereocenters. The first-order chi connectivity index (χ1) is 10.1. The van der Waals surface area contributed by atoms with Gasteiger partial charge >= 0.3 is 0 Å². The van der Waals surface area contributed by atoms with Gasteiger partial charge in [-0.2, -0.15) is 0 Å². The van der Waals surface area contributed by atoms with Gasteiger partial charge in [0.05, 0.1) is 6.20 Å². The van der Waals surface area contributed by atoms with Crippen molar-refractivity contribution in [2.45, 2.75) is 6.42 Å². The summed E-state index contributed by atoms with van der Waals surface area (Å²) in [6.07, 6.45) is 2.28. The van der Waals surface area contributed by atoms with Crippen LogP contribution in [0.1, 0.15) is 16.1 Å². The van der Waals surface area contributed by atoms with E-state index in [1.807, 2.05) is 0 Å². The number of methoxy groups -OCH3 is 1. The zero-order chi connectivity index (χ0) is 15.2. The third-order valence-electron chi connectivity index (χ3n) is 3.01. The first-order valence-electron chi connectivity index (χ1n) is 6.58. The summed E-state index contributed by atoms with van der Waals surface area (Å²) < 4.78 is 18.7. The van der Waals surface area contributed by atoms with E-state index in [-0.39, 0.29) is 11.7 Å². The van der Waals surface area contributed by atoms with Gasteiger partial charge in [-0.05, 0) is 18.6 Å². The van der Waals surface area contributed by atoms with Crippen molar-refractivity contribution in [3.05, 3.63) is 41.2 Å². The van der Waals surface area contributed by atoms with Gasteiger partial charge in [-0.1, -0.05) is 12.1 Å². The Balaban J connectivity index is 2.09. The lowest BCUT2D eigenvalue weighted by Crippen LogP contribution is -2.27. The predicted octanol–water partition coefficient (Wildman–Crippen LogP) is 3.06. The van der Waals surface area contributed by atoms with Crippen LogP contribution in [0.5, 0.6) is 0 Å². The fourth-order valence-electron chi connectivity index (χ4n) is 1.87. The number of aromatic nitrogens is 1. The molecule has 2 aromatic rings. The quantitative estimate of drug-likeness (QED) is 0.770. The number of benzene rings is 1. The fraction of sp³-hybridized carbons (Fsp3) is 0.333. The zero-order valence-electron chi connectivity index (χ0n) is 12.0. The van der Waals surface area contributed by atoms with E-state index in [0.29, 0.717) is 28.6 Å². The van der Waals surface area contributed by atoms with Gasteiger partial charge in [-0.25, -0.2) is 9.37 Å². The molecule has 1 amide bonds. The molecular formula is C15H17FN2O2S. The fourth-order valence-corrected chi connectivity index (χ4v) is 2.81. The number of carbonyl (C=O) groups is 1. The number of carbonyl (C=O) groups excluding carboxylic acids is 1. The SMILES string of the molecule is COCCCN(C)C(=O)c1cnc(-c2ccccc2F)s1. The van der Waals surface area contributed by atoms with E-state index in [0.717, 1.165) is 6.42 Å². The molecule has 0 N–H and O–H groups in total. The molecule has 0 saturated carbocycles. The van der Waals surface area contributed by atoms with E-state index in [9.17, 15) is 9.18 Å². The Morgan fingerprint density at radius 1 is 1.43 bits per heavy atom. The van der Waals surface area contributed by atoms with Crippen LogP contribution in [0.15, 0.2) is 30.5 Å². The van der Waals surface area contributed by atoms with Crippen LogP contribution in [0.3, 0.4) is 0 Å². The topological polar surface area (TPSA) is 42.4 Å². The number of halogens is 1. The molecule has 0 aliphatic heterocycles. The minimum Gasteiger partial charge on any atom is -0.385 e. The molecule has 1 heterocycles. The molecule has 2 rings (SSSR count). The zero-order valence-corrected chi connectivity index (χ0v) is 12.8. The molecule has 0 radical (unpaired) electrons. The van der Waals surface area contributed by atoms with Gasteiger partial charge in [0, 0.05) is 32.9 Å². The second-order valence-electron chi connectivity index (χ2n) is 4.58. The number of hydrogen-bond donors (Lipinski definition) is 0. The first kappa shape index (κ1) is 15.6. The minimum absolute atomic E-state index is 0.105. The summed E-state index contributed by atoms with van der Waals surface area (Å²) in [5.41, 5.74) is 0.420. The molecule has 112 valence electrons. The number of thiazole rings is 1. The number of amides is 1. The molecule has 0 saturated heterocycles. The number of rotatable bonds is 6. The van der Waals surface area contributed by atoms with E-state index in [2.05, 4.69) is 4.98 Å². The molecular weight excluding hydrogens is 291 g/mol. The maximum atomic E-state index is 13.7. The summed E-state index contributed by atoms with van der Waals surface area (Å²) in [5, 5.41) is 0.516. The van der Waals surface area contributed by atoms with E-state index < -0.39 is 0 Å². The summed E-state index contributed by atoms with van der Waals surface area (Å²) in [6, 6.07) is 6.42. The molecule has 0 spiro atoms. The van der Waals surface area contributed by atoms with Crippen molar-refractivity contribution < 1.29 is 13.9 Å². The van der Waals surface area contributed by atoms with Crippen molar-refractivity contribution in [2.75, 3.05) is 27.3 Å². The van der Waals surface area contributed by atoms with Crippen LogP contribution in [0.2, 0.25) is 0 Å². The molecule has 0 atom stereocenters. The largest absolute Gasteiger partial charge is 0.385 e. The van der Waals surface area contributed by atoms with Crippen molar-refractivity contribution in [1.29, 1.82) is 0 Å². The van der Waals surface area contributed by atoms with Crippen LogP contribution in [0.4, 0.5) is 4.39 Å². The molecule has 4 nitrogen and oxygen atoms in total. The van der Waals surface area contributed by atoms with Gasteiger partial charge < -0.3 is 9.64 Å². The Morgan fingerprint density at radius 2 is 2.19 bits per heavy atom. The second kappa shape index (κ2) is 7.28. The van der Waals surface area contributed by atoms with Gasteiger partial charge in [0.15, 0.2) is 0 Å². The summed E-state index contributed by atoms with van der Waals surface area (Å²) >= 11 is 1.20. The molecule has 6 heteroatoms. The minimum atomic E-state index is -0.334. The lowest BCUT2D eigenvalue weighted by molar-refractivity contribution is 0.0784. The van der Waals surface area contributed by atoms with Crippen LogP contribution in [-0.4, -0.2) is 43.1 Å². The number of ether oxygens (including phenoxy) is 1. The average Bonchev–Trinajstić information content (AvgIpc) is 2.96. The van der Waals surface area contributed by atoms with Gasteiger partial charge in [-0.3, -0.25) is 4.79 Å². The van der Waals surface area contributed by atoms with Crippen LogP contribution in [0, 0.1) is 5.82 Å². The average molecular weight is 308 g/mol. The standard InChI is InChI=1S/C15H17FN2O2S/c1-18(8-5-9-20-2)15(19)13-10-17-14(21-13)11-6-3-4-7-12(11)16/h3-4,6-7,10H,5,8-9H2,1-2H3. The molecule has 0 aliphatic carbocycles. The van der Waals surface area contributed by atoms with Crippen molar-refractivity contribution in [3.63, 3.8) is 0 Å². The van der Waals surface area contributed by atoms with Crippen molar-refractivity contribution in [1.82, 2.24) is 9.88 Å². The van der Waals surface area contributed by atoms with E-state index in [4.69, 9.17) is 4.74 Å². The maximum absolute atomic E-state index is 13.7.